The summed E-state index contributed by atoms with van der Waals surface area (Å²) in [4.78, 5) is 0. The van der Waals surface area contributed by atoms with E-state index in [4.69, 9.17) is 14.9 Å². The summed E-state index contributed by atoms with van der Waals surface area (Å²) in [6.07, 6.45) is 0. The second-order valence-electron chi connectivity index (χ2n) is 9.10. The molecule has 6 rings (SSSR count). The lowest BCUT2D eigenvalue weighted by atomic mass is 10.1. The number of ether oxygens (including phenoxy) is 1. The molecule has 0 aliphatic carbocycles. The molecule has 40 heavy (non-hydrogen) atoms. The quantitative estimate of drug-likeness (QED) is 0.138. The third-order valence-corrected chi connectivity index (χ3v) is 6.51. The molecule has 0 amide bonds. The Morgan fingerprint density at radius 3 is 1.90 bits per heavy atom. The Hall–Kier alpha value is -5.49. The van der Waals surface area contributed by atoms with Gasteiger partial charge in [0.1, 0.15) is 17.1 Å². The number of nitrogens with one attached hydrogen (secondary N) is 1. The molecule has 1 heterocycles. The van der Waals surface area contributed by atoms with Gasteiger partial charge in [-0.05, 0) is 60.7 Å². The van der Waals surface area contributed by atoms with Gasteiger partial charge in [0.05, 0.1) is 23.5 Å². The monoisotopic (exact) mass is 522 g/mol. The Bertz CT molecular complexity index is 1710. The molecule has 0 radical (unpaired) electrons. The van der Waals surface area contributed by atoms with Crippen LogP contribution in [0.1, 0.15) is 11.4 Å². The average molecular weight is 523 g/mol. The standard InChI is InChI=1S/C34H27N5O/c1-40-31-24-22-29(23-25-31)38-33(27-16-8-3-9-17-27)37-39(30-20-12-5-13-21-30)34(38)32(26-14-6-2-7-15-26)36-35-28-18-10-4-11-19-28/h2-25H,1H3/p+1. The maximum absolute atomic E-state index is 5.47. The van der Waals surface area contributed by atoms with Crippen molar-refractivity contribution in [1.82, 2.24) is 9.78 Å². The number of anilines is 1. The predicted molar refractivity (Wildman–Crippen MR) is 159 cm³/mol. The Labute approximate surface area is 233 Å². The molecule has 1 N–H and O–H groups in total. The number of benzene rings is 5. The highest BCUT2D eigenvalue weighted by atomic mass is 16.5. The molecule has 0 unspecified atom stereocenters. The van der Waals surface area contributed by atoms with E-state index in [-0.39, 0.29) is 0 Å². The van der Waals surface area contributed by atoms with E-state index in [0.717, 1.165) is 51.3 Å². The zero-order valence-electron chi connectivity index (χ0n) is 22.1. The molecule has 5 aromatic carbocycles. The summed E-state index contributed by atoms with van der Waals surface area (Å²) in [7, 11) is 1.67. The van der Waals surface area contributed by atoms with Gasteiger partial charge in [-0.25, -0.2) is 0 Å². The van der Waals surface area contributed by atoms with Crippen molar-refractivity contribution in [2.24, 2.45) is 5.10 Å². The highest BCUT2D eigenvalue weighted by Crippen LogP contribution is 2.23. The van der Waals surface area contributed by atoms with Gasteiger partial charge in [0.15, 0.2) is 5.71 Å². The molecular weight excluding hydrogens is 494 g/mol. The van der Waals surface area contributed by atoms with Gasteiger partial charge in [-0.15, -0.1) is 0 Å². The van der Waals surface area contributed by atoms with Gasteiger partial charge in [-0.2, -0.15) is 9.67 Å². The van der Waals surface area contributed by atoms with Crippen molar-refractivity contribution in [3.63, 3.8) is 0 Å². The fraction of sp³-hybridized carbons (Fsp3) is 0.0294. The lowest BCUT2D eigenvalue weighted by Gasteiger charge is -2.10. The molecule has 1 aromatic heterocycles. The molecule has 0 aliphatic heterocycles. The molecule has 6 aromatic rings. The Morgan fingerprint density at radius 2 is 1.27 bits per heavy atom. The van der Waals surface area contributed by atoms with Gasteiger partial charge in [0, 0.05) is 5.56 Å². The van der Waals surface area contributed by atoms with Crippen molar-refractivity contribution in [1.29, 1.82) is 0 Å². The maximum atomic E-state index is 5.47. The summed E-state index contributed by atoms with van der Waals surface area (Å²) in [6, 6.07) is 48.5. The molecular formula is C34H28N5O+. The Morgan fingerprint density at radius 1 is 0.700 bits per heavy atom. The van der Waals surface area contributed by atoms with Crippen LogP contribution in [0.15, 0.2) is 151 Å². The van der Waals surface area contributed by atoms with Crippen molar-refractivity contribution in [2.75, 3.05) is 12.5 Å². The first-order valence-corrected chi connectivity index (χ1v) is 13.1. The lowest BCUT2D eigenvalue weighted by molar-refractivity contribution is -0.586. The van der Waals surface area contributed by atoms with Gasteiger partial charge in [-0.3, -0.25) is 5.43 Å². The minimum absolute atomic E-state index is 0.735. The topological polar surface area (TPSA) is 55.3 Å². The second kappa shape index (κ2) is 11.5. The number of para-hydroxylation sites is 2. The van der Waals surface area contributed by atoms with Gasteiger partial charge < -0.3 is 4.74 Å². The molecule has 0 aliphatic rings. The third-order valence-electron chi connectivity index (χ3n) is 6.51. The van der Waals surface area contributed by atoms with Crippen LogP contribution in [-0.4, -0.2) is 22.6 Å². The van der Waals surface area contributed by atoms with E-state index < -0.39 is 0 Å². The zero-order chi connectivity index (χ0) is 27.1. The van der Waals surface area contributed by atoms with Gasteiger partial charge >= 0.3 is 5.82 Å². The van der Waals surface area contributed by atoms with Crippen LogP contribution in [0.4, 0.5) is 5.69 Å². The summed E-state index contributed by atoms with van der Waals surface area (Å²) in [5, 5.41) is 10.2. The van der Waals surface area contributed by atoms with Crippen LogP contribution in [0.2, 0.25) is 0 Å². The van der Waals surface area contributed by atoms with Crippen LogP contribution >= 0.6 is 0 Å². The van der Waals surface area contributed by atoms with Gasteiger partial charge in [-0.1, -0.05) is 89.6 Å². The Kier molecular flexibility index (Phi) is 7.13. The van der Waals surface area contributed by atoms with Crippen molar-refractivity contribution in [2.45, 2.75) is 0 Å². The van der Waals surface area contributed by atoms with E-state index in [1.807, 2.05) is 114 Å². The predicted octanol–water partition coefficient (Wildman–Crippen LogP) is 6.69. The average Bonchev–Trinajstić information content (AvgIpc) is 3.43. The summed E-state index contributed by atoms with van der Waals surface area (Å²) < 4.78 is 9.58. The number of aromatic nitrogens is 3. The smallest absolute Gasteiger partial charge is 0.314 e. The number of hydrogen-bond donors (Lipinski definition) is 1. The maximum Gasteiger partial charge on any atom is 0.314 e. The number of methoxy groups -OCH3 is 1. The number of nitrogens with zero attached hydrogens (tertiary/aromatic N) is 4. The van der Waals surface area contributed by atoms with E-state index in [2.05, 4.69) is 46.4 Å². The van der Waals surface area contributed by atoms with Crippen LogP contribution in [0, 0.1) is 0 Å². The van der Waals surface area contributed by atoms with Crippen LogP contribution in [-0.2, 0) is 0 Å². The molecule has 0 spiro atoms. The fourth-order valence-electron chi connectivity index (χ4n) is 4.56. The second-order valence-corrected chi connectivity index (χ2v) is 9.10. The fourth-order valence-corrected chi connectivity index (χ4v) is 4.56. The first kappa shape index (κ1) is 24.8. The normalized spacial score (nSPS) is 11.3. The summed E-state index contributed by atoms with van der Waals surface area (Å²) >= 11 is 0. The number of rotatable bonds is 8. The van der Waals surface area contributed by atoms with E-state index >= 15 is 0 Å². The number of hydrazone groups is 1. The lowest BCUT2D eigenvalue weighted by Crippen LogP contribution is -2.40. The van der Waals surface area contributed by atoms with E-state index in [0.29, 0.717) is 0 Å². The van der Waals surface area contributed by atoms with Crippen LogP contribution < -0.4 is 14.7 Å². The molecule has 0 atom stereocenters. The SMILES string of the molecule is COc1ccc(-[n+]2c(-c3ccccc3)nn(-c3ccccc3)c2/C(=N/Nc2ccccc2)c2ccccc2)cc1. The minimum atomic E-state index is 0.735. The van der Waals surface area contributed by atoms with Crippen molar-refractivity contribution in [3.05, 3.63) is 157 Å². The highest BCUT2D eigenvalue weighted by molar-refractivity contribution is 6.10. The van der Waals surface area contributed by atoms with Gasteiger partial charge in [0.2, 0.25) is 0 Å². The minimum Gasteiger partial charge on any atom is -0.497 e. The van der Waals surface area contributed by atoms with Crippen LogP contribution in [0.5, 0.6) is 5.75 Å². The largest absolute Gasteiger partial charge is 0.497 e. The highest BCUT2D eigenvalue weighted by Gasteiger charge is 2.34. The van der Waals surface area contributed by atoms with Crippen LogP contribution in [0.25, 0.3) is 22.8 Å². The Balaban J connectivity index is 1.68. The molecule has 0 saturated heterocycles. The molecule has 0 saturated carbocycles. The summed E-state index contributed by atoms with van der Waals surface area (Å²) in [5.41, 5.74) is 8.69. The number of hydrogen-bond acceptors (Lipinski definition) is 4. The molecule has 6 heteroatoms. The molecule has 0 fully saturated rings. The third kappa shape index (κ3) is 5.11. The van der Waals surface area contributed by atoms with E-state index in [1.54, 1.807) is 7.11 Å². The van der Waals surface area contributed by atoms with Crippen molar-refractivity contribution >= 4 is 11.4 Å². The summed E-state index contributed by atoms with van der Waals surface area (Å²) in [6.45, 7) is 0. The zero-order valence-corrected chi connectivity index (χ0v) is 22.1. The van der Waals surface area contributed by atoms with E-state index in [9.17, 15) is 0 Å². The van der Waals surface area contributed by atoms with Gasteiger partial charge in [0.25, 0.3) is 5.82 Å². The van der Waals surface area contributed by atoms with E-state index in [1.165, 1.54) is 0 Å². The first-order valence-electron chi connectivity index (χ1n) is 13.1. The summed E-state index contributed by atoms with van der Waals surface area (Å²) in [5.74, 6) is 2.36. The molecule has 0 bridgehead atoms. The molecule has 194 valence electrons. The first-order chi connectivity index (χ1) is 19.8. The van der Waals surface area contributed by atoms with Crippen molar-refractivity contribution in [3.8, 4) is 28.5 Å². The molecule has 6 nitrogen and oxygen atoms in total. The van der Waals surface area contributed by atoms with Crippen LogP contribution in [0.3, 0.4) is 0 Å². The van der Waals surface area contributed by atoms with Crippen molar-refractivity contribution < 1.29 is 9.30 Å².